The first-order valence-electron chi connectivity index (χ1n) is 8.62. The number of ether oxygens (including phenoxy) is 1. The summed E-state index contributed by atoms with van der Waals surface area (Å²) in [4.78, 5) is 24.2. The molecule has 5 nitrogen and oxygen atoms in total. The van der Waals surface area contributed by atoms with E-state index in [0.29, 0.717) is 28.3 Å². The van der Waals surface area contributed by atoms with Gasteiger partial charge in [0, 0.05) is 16.8 Å². The van der Waals surface area contributed by atoms with Gasteiger partial charge in [-0.1, -0.05) is 30.2 Å². The van der Waals surface area contributed by atoms with Crippen LogP contribution in [0.3, 0.4) is 0 Å². The van der Waals surface area contributed by atoms with Crippen LogP contribution in [0.2, 0.25) is 0 Å². The molecular formula is C23H18N2O3. The second kappa shape index (κ2) is 9.06. The maximum absolute atomic E-state index is 12.2. The minimum Gasteiger partial charge on any atom is -0.457 e. The summed E-state index contributed by atoms with van der Waals surface area (Å²) in [5, 5.41) is 5.28. The van der Waals surface area contributed by atoms with E-state index in [1.54, 1.807) is 48.5 Å². The summed E-state index contributed by atoms with van der Waals surface area (Å²) in [5.41, 5.74) is 1.68. The summed E-state index contributed by atoms with van der Waals surface area (Å²) in [7, 11) is 0. The van der Waals surface area contributed by atoms with E-state index >= 15 is 0 Å². The molecule has 0 saturated carbocycles. The fourth-order valence-corrected chi connectivity index (χ4v) is 2.45. The van der Waals surface area contributed by atoms with Gasteiger partial charge in [-0.3, -0.25) is 9.59 Å². The SMILES string of the molecule is C#Cc1cccc(NC(=O)CNC(=O)c2ccc(Oc3ccccc3)cc2)c1. The van der Waals surface area contributed by atoms with Crippen LogP contribution < -0.4 is 15.4 Å². The Morgan fingerprint density at radius 1 is 0.893 bits per heavy atom. The summed E-state index contributed by atoms with van der Waals surface area (Å²) in [6.07, 6.45) is 5.34. The first-order chi connectivity index (χ1) is 13.6. The van der Waals surface area contributed by atoms with E-state index in [1.165, 1.54) is 0 Å². The number of carbonyl (C=O) groups excluding carboxylic acids is 2. The number of amides is 2. The van der Waals surface area contributed by atoms with E-state index in [2.05, 4.69) is 16.6 Å². The predicted molar refractivity (Wildman–Crippen MR) is 108 cm³/mol. The molecular weight excluding hydrogens is 352 g/mol. The van der Waals surface area contributed by atoms with Crippen LogP contribution in [0.1, 0.15) is 15.9 Å². The third kappa shape index (κ3) is 5.23. The van der Waals surface area contributed by atoms with Crippen molar-refractivity contribution < 1.29 is 14.3 Å². The average molecular weight is 370 g/mol. The maximum atomic E-state index is 12.2. The minimum absolute atomic E-state index is 0.151. The lowest BCUT2D eigenvalue weighted by molar-refractivity contribution is -0.115. The fraction of sp³-hybridized carbons (Fsp3) is 0.0435. The molecule has 0 radical (unpaired) electrons. The van der Waals surface area contributed by atoms with E-state index in [0.717, 1.165) is 0 Å². The zero-order chi connectivity index (χ0) is 19.8. The Hall–Kier alpha value is -4.04. The highest BCUT2D eigenvalue weighted by atomic mass is 16.5. The normalized spacial score (nSPS) is 9.82. The number of nitrogens with one attached hydrogen (secondary N) is 2. The van der Waals surface area contributed by atoms with Crippen molar-refractivity contribution in [1.29, 1.82) is 0 Å². The fourth-order valence-electron chi connectivity index (χ4n) is 2.45. The smallest absolute Gasteiger partial charge is 0.251 e. The van der Waals surface area contributed by atoms with Gasteiger partial charge in [0.1, 0.15) is 11.5 Å². The summed E-state index contributed by atoms with van der Waals surface area (Å²) >= 11 is 0. The van der Waals surface area contributed by atoms with Crippen LogP contribution in [0.15, 0.2) is 78.9 Å². The minimum atomic E-state index is -0.348. The summed E-state index contributed by atoms with van der Waals surface area (Å²) in [6, 6.07) is 23.0. The monoisotopic (exact) mass is 370 g/mol. The second-order valence-electron chi connectivity index (χ2n) is 5.90. The van der Waals surface area contributed by atoms with E-state index < -0.39 is 0 Å². The number of para-hydroxylation sites is 1. The molecule has 0 heterocycles. The van der Waals surface area contributed by atoms with E-state index in [4.69, 9.17) is 11.2 Å². The quantitative estimate of drug-likeness (QED) is 0.648. The lowest BCUT2D eigenvalue weighted by atomic mass is 10.2. The molecule has 0 aliphatic carbocycles. The number of anilines is 1. The molecule has 0 atom stereocenters. The van der Waals surface area contributed by atoms with Gasteiger partial charge in [-0.15, -0.1) is 6.42 Å². The molecule has 0 aliphatic rings. The van der Waals surface area contributed by atoms with Crippen LogP contribution in [0.5, 0.6) is 11.5 Å². The maximum Gasteiger partial charge on any atom is 0.251 e. The molecule has 2 N–H and O–H groups in total. The first-order valence-corrected chi connectivity index (χ1v) is 8.62. The number of hydrogen-bond donors (Lipinski definition) is 2. The second-order valence-corrected chi connectivity index (χ2v) is 5.90. The van der Waals surface area contributed by atoms with Crippen molar-refractivity contribution in [3.63, 3.8) is 0 Å². The highest BCUT2D eigenvalue weighted by Gasteiger charge is 2.09. The van der Waals surface area contributed by atoms with Gasteiger partial charge in [0.2, 0.25) is 5.91 Å². The van der Waals surface area contributed by atoms with Crippen LogP contribution in [0.4, 0.5) is 5.69 Å². The molecule has 28 heavy (non-hydrogen) atoms. The standard InChI is InChI=1S/C23H18N2O3/c1-2-17-7-6-8-19(15-17)25-22(26)16-24-23(27)18-11-13-21(14-12-18)28-20-9-4-3-5-10-20/h1,3-15H,16H2,(H,24,27)(H,25,26). The number of rotatable bonds is 6. The number of benzene rings is 3. The Morgan fingerprint density at radius 3 is 2.32 bits per heavy atom. The molecule has 0 aromatic heterocycles. The van der Waals surface area contributed by atoms with Gasteiger partial charge in [0.05, 0.1) is 6.54 Å². The molecule has 0 saturated heterocycles. The average Bonchev–Trinajstić information content (AvgIpc) is 2.73. The highest BCUT2D eigenvalue weighted by molar-refractivity contribution is 5.99. The Kier molecular flexibility index (Phi) is 6.06. The van der Waals surface area contributed by atoms with Gasteiger partial charge >= 0.3 is 0 Å². The molecule has 0 fully saturated rings. The molecule has 0 bridgehead atoms. The number of carbonyl (C=O) groups is 2. The Balaban J connectivity index is 1.51. The number of hydrogen-bond acceptors (Lipinski definition) is 3. The van der Waals surface area contributed by atoms with Crippen LogP contribution in [-0.2, 0) is 4.79 Å². The third-order valence-electron chi connectivity index (χ3n) is 3.82. The van der Waals surface area contributed by atoms with Crippen LogP contribution in [0, 0.1) is 12.3 Å². The molecule has 138 valence electrons. The molecule has 0 unspecified atom stereocenters. The summed E-state index contributed by atoms with van der Waals surface area (Å²) < 4.78 is 5.69. The van der Waals surface area contributed by atoms with Crippen molar-refractivity contribution in [1.82, 2.24) is 5.32 Å². The summed E-state index contributed by atoms with van der Waals surface area (Å²) in [6.45, 7) is -0.151. The highest BCUT2D eigenvalue weighted by Crippen LogP contribution is 2.21. The van der Waals surface area contributed by atoms with Crippen LogP contribution in [-0.4, -0.2) is 18.4 Å². The van der Waals surface area contributed by atoms with Crippen molar-refractivity contribution in [2.45, 2.75) is 0 Å². The van der Waals surface area contributed by atoms with Gasteiger partial charge in [-0.25, -0.2) is 0 Å². The van der Waals surface area contributed by atoms with Crippen molar-refractivity contribution in [2.24, 2.45) is 0 Å². The lowest BCUT2D eigenvalue weighted by Crippen LogP contribution is -2.32. The zero-order valence-corrected chi connectivity index (χ0v) is 15.0. The molecule has 3 rings (SSSR count). The Morgan fingerprint density at radius 2 is 1.61 bits per heavy atom. The zero-order valence-electron chi connectivity index (χ0n) is 15.0. The Labute approximate surface area is 163 Å². The third-order valence-corrected chi connectivity index (χ3v) is 3.82. The molecule has 3 aromatic carbocycles. The largest absolute Gasteiger partial charge is 0.457 e. The van der Waals surface area contributed by atoms with Gasteiger partial charge in [-0.2, -0.15) is 0 Å². The molecule has 0 aliphatic heterocycles. The van der Waals surface area contributed by atoms with E-state index in [1.807, 2.05) is 30.3 Å². The predicted octanol–water partition coefficient (Wildman–Crippen LogP) is 3.83. The first kappa shape index (κ1) is 18.7. The van der Waals surface area contributed by atoms with Gasteiger partial charge in [0.25, 0.3) is 5.91 Å². The van der Waals surface area contributed by atoms with Crippen molar-refractivity contribution in [3.05, 3.63) is 90.0 Å². The molecule has 0 spiro atoms. The molecule has 2 amide bonds. The van der Waals surface area contributed by atoms with Gasteiger partial charge in [-0.05, 0) is 54.6 Å². The van der Waals surface area contributed by atoms with E-state index in [-0.39, 0.29) is 18.4 Å². The topological polar surface area (TPSA) is 67.4 Å². The van der Waals surface area contributed by atoms with Crippen LogP contribution in [0.25, 0.3) is 0 Å². The Bertz CT molecular complexity index is 1010. The van der Waals surface area contributed by atoms with Gasteiger partial charge < -0.3 is 15.4 Å². The van der Waals surface area contributed by atoms with Crippen molar-refractivity contribution >= 4 is 17.5 Å². The number of terminal acetylenes is 1. The lowest BCUT2D eigenvalue weighted by Gasteiger charge is -2.08. The van der Waals surface area contributed by atoms with Gasteiger partial charge in [0.15, 0.2) is 0 Å². The molecule has 5 heteroatoms. The summed E-state index contributed by atoms with van der Waals surface area (Å²) in [5.74, 6) is 3.14. The van der Waals surface area contributed by atoms with Crippen molar-refractivity contribution in [2.75, 3.05) is 11.9 Å². The van der Waals surface area contributed by atoms with Crippen LogP contribution >= 0.6 is 0 Å². The van der Waals surface area contributed by atoms with Crippen molar-refractivity contribution in [3.8, 4) is 23.8 Å². The molecule has 3 aromatic rings. The van der Waals surface area contributed by atoms with E-state index in [9.17, 15) is 9.59 Å².